The summed E-state index contributed by atoms with van der Waals surface area (Å²) < 4.78 is 10.4. The van der Waals surface area contributed by atoms with Crippen LogP contribution in [0.3, 0.4) is 0 Å². The highest BCUT2D eigenvalue weighted by Crippen LogP contribution is 2.42. The van der Waals surface area contributed by atoms with Crippen molar-refractivity contribution < 1.29 is 24.2 Å². The lowest BCUT2D eigenvalue weighted by Gasteiger charge is -2.15. The number of fused-ring (bicyclic) bond motifs is 1. The summed E-state index contributed by atoms with van der Waals surface area (Å²) in [5, 5.41) is 10.3. The molecule has 0 aliphatic carbocycles. The summed E-state index contributed by atoms with van der Waals surface area (Å²) in [6, 6.07) is 0. The Morgan fingerprint density at radius 2 is 2.13 bits per heavy atom. The first-order valence-corrected chi connectivity index (χ1v) is 7.77. The van der Waals surface area contributed by atoms with Crippen LogP contribution in [-0.2, 0) is 22.6 Å². The smallest absolute Gasteiger partial charge is 0.342 e. The standard InChI is InChI=1S/C17H20O5S/c1-9(5-7-13(18)23)4-6-11-15(19)14-12(8-22-17(14)20)10(2)16(11)21-3/h4,19H,5-8H2,1-3H3,(H,18,23). The number of phenolic OH excluding ortho intramolecular Hbond substituents is 1. The molecule has 0 atom stereocenters. The number of phenols is 1. The summed E-state index contributed by atoms with van der Waals surface area (Å²) in [5.41, 5.74) is 3.27. The molecule has 0 spiro atoms. The molecular weight excluding hydrogens is 316 g/mol. The summed E-state index contributed by atoms with van der Waals surface area (Å²) in [6.07, 6.45) is 3.30. The van der Waals surface area contributed by atoms with Crippen molar-refractivity contribution in [1.82, 2.24) is 0 Å². The SMILES string of the molecule is COc1c(C)c2c(c(O)c1CC=C(C)CCC(=O)S)C(=O)OC2. The molecule has 0 radical (unpaired) electrons. The highest BCUT2D eigenvalue weighted by molar-refractivity contribution is 7.96. The molecule has 0 bridgehead atoms. The molecule has 0 fully saturated rings. The minimum atomic E-state index is -0.508. The van der Waals surface area contributed by atoms with Crippen LogP contribution >= 0.6 is 12.6 Å². The van der Waals surface area contributed by atoms with Gasteiger partial charge in [-0.05, 0) is 32.3 Å². The number of allylic oxidation sites excluding steroid dienone is 2. The maximum Gasteiger partial charge on any atom is 0.342 e. The number of methoxy groups -OCH3 is 1. The van der Waals surface area contributed by atoms with Crippen LogP contribution in [0.4, 0.5) is 0 Å². The van der Waals surface area contributed by atoms with Gasteiger partial charge in [-0.15, -0.1) is 12.6 Å². The van der Waals surface area contributed by atoms with Crippen molar-refractivity contribution in [3.8, 4) is 11.5 Å². The molecule has 6 heteroatoms. The average molecular weight is 336 g/mol. The quantitative estimate of drug-likeness (QED) is 0.474. The summed E-state index contributed by atoms with van der Waals surface area (Å²) in [5.74, 6) is -0.0287. The van der Waals surface area contributed by atoms with Gasteiger partial charge in [0.25, 0.3) is 0 Å². The van der Waals surface area contributed by atoms with E-state index in [0.717, 1.165) is 11.1 Å². The van der Waals surface area contributed by atoms with Crippen molar-refractivity contribution in [2.75, 3.05) is 7.11 Å². The largest absolute Gasteiger partial charge is 0.507 e. The minimum absolute atomic E-state index is 0.0840. The molecule has 0 unspecified atom stereocenters. The zero-order valence-electron chi connectivity index (χ0n) is 13.4. The van der Waals surface area contributed by atoms with Crippen LogP contribution < -0.4 is 4.74 Å². The molecule has 124 valence electrons. The van der Waals surface area contributed by atoms with Gasteiger partial charge in [-0.1, -0.05) is 11.6 Å². The fraction of sp³-hybridized carbons (Fsp3) is 0.412. The van der Waals surface area contributed by atoms with Crippen LogP contribution in [0.25, 0.3) is 0 Å². The third-order valence-corrected chi connectivity index (χ3v) is 4.26. The van der Waals surface area contributed by atoms with Gasteiger partial charge in [0.1, 0.15) is 23.7 Å². The molecule has 2 rings (SSSR count). The number of rotatable bonds is 6. The van der Waals surface area contributed by atoms with Crippen LogP contribution in [0.1, 0.15) is 46.8 Å². The molecule has 1 heterocycles. The number of cyclic esters (lactones) is 1. The number of ether oxygens (including phenoxy) is 2. The third kappa shape index (κ3) is 3.52. The Labute approximate surface area is 140 Å². The average Bonchev–Trinajstić information content (AvgIpc) is 2.89. The Balaban J connectivity index is 2.37. The van der Waals surface area contributed by atoms with E-state index in [9.17, 15) is 14.7 Å². The number of carbonyl (C=O) groups is 2. The molecule has 0 saturated carbocycles. The predicted molar refractivity (Wildman–Crippen MR) is 89.2 cm³/mol. The lowest BCUT2D eigenvalue weighted by Crippen LogP contribution is -2.03. The van der Waals surface area contributed by atoms with Gasteiger partial charge in [-0.3, -0.25) is 4.79 Å². The van der Waals surface area contributed by atoms with E-state index in [4.69, 9.17) is 9.47 Å². The lowest BCUT2D eigenvalue weighted by atomic mass is 9.94. The number of hydrogen-bond donors (Lipinski definition) is 2. The molecule has 0 amide bonds. The van der Waals surface area contributed by atoms with Crippen molar-refractivity contribution in [2.45, 2.75) is 39.7 Å². The maximum absolute atomic E-state index is 11.8. The van der Waals surface area contributed by atoms with Gasteiger partial charge in [0.15, 0.2) is 5.12 Å². The highest BCUT2D eigenvalue weighted by Gasteiger charge is 2.31. The van der Waals surface area contributed by atoms with Crippen molar-refractivity contribution >= 4 is 23.7 Å². The Hall–Kier alpha value is -1.95. The van der Waals surface area contributed by atoms with E-state index in [1.807, 2.05) is 19.9 Å². The highest BCUT2D eigenvalue weighted by atomic mass is 32.1. The van der Waals surface area contributed by atoms with Crippen LogP contribution in [-0.4, -0.2) is 23.3 Å². The summed E-state index contributed by atoms with van der Waals surface area (Å²) >= 11 is 3.75. The number of thiol groups is 1. The molecule has 1 aliphatic rings. The van der Waals surface area contributed by atoms with Crippen LogP contribution in [0.5, 0.6) is 11.5 Å². The molecule has 1 aromatic carbocycles. The zero-order valence-corrected chi connectivity index (χ0v) is 14.3. The minimum Gasteiger partial charge on any atom is -0.507 e. The second-order valence-corrected chi connectivity index (χ2v) is 6.06. The lowest BCUT2D eigenvalue weighted by molar-refractivity contribution is -0.110. The topological polar surface area (TPSA) is 72.8 Å². The third-order valence-electron chi connectivity index (χ3n) is 4.04. The van der Waals surface area contributed by atoms with E-state index in [-0.39, 0.29) is 23.0 Å². The van der Waals surface area contributed by atoms with Gasteiger partial charge in [0.05, 0.1) is 7.11 Å². The molecular formula is C17H20O5S. The fourth-order valence-electron chi connectivity index (χ4n) is 2.71. The number of carbonyl (C=O) groups excluding carboxylic acids is 2. The van der Waals surface area contributed by atoms with Gasteiger partial charge in [0.2, 0.25) is 0 Å². The zero-order chi connectivity index (χ0) is 17.1. The molecule has 1 aliphatic heterocycles. The first kappa shape index (κ1) is 17.4. The van der Waals surface area contributed by atoms with E-state index in [1.165, 1.54) is 7.11 Å². The first-order chi connectivity index (χ1) is 10.9. The van der Waals surface area contributed by atoms with Gasteiger partial charge in [-0.2, -0.15) is 0 Å². The molecule has 23 heavy (non-hydrogen) atoms. The van der Waals surface area contributed by atoms with E-state index in [2.05, 4.69) is 12.6 Å². The second kappa shape index (κ2) is 7.08. The van der Waals surface area contributed by atoms with Crippen LogP contribution in [0, 0.1) is 6.92 Å². The monoisotopic (exact) mass is 336 g/mol. The van der Waals surface area contributed by atoms with Crippen molar-refractivity contribution in [2.24, 2.45) is 0 Å². The molecule has 5 nitrogen and oxygen atoms in total. The van der Waals surface area contributed by atoms with E-state index < -0.39 is 5.97 Å². The number of hydrogen-bond acceptors (Lipinski definition) is 5. The van der Waals surface area contributed by atoms with E-state index in [0.29, 0.717) is 36.1 Å². The molecule has 0 aromatic heterocycles. The number of benzene rings is 1. The van der Waals surface area contributed by atoms with Crippen molar-refractivity contribution in [1.29, 1.82) is 0 Å². The first-order valence-electron chi connectivity index (χ1n) is 7.32. The van der Waals surface area contributed by atoms with Crippen LogP contribution in [0.15, 0.2) is 11.6 Å². The van der Waals surface area contributed by atoms with Gasteiger partial charge in [-0.25, -0.2) is 4.79 Å². The Morgan fingerprint density at radius 3 is 2.74 bits per heavy atom. The maximum atomic E-state index is 11.8. The Morgan fingerprint density at radius 1 is 1.43 bits per heavy atom. The van der Waals surface area contributed by atoms with Gasteiger partial charge in [0, 0.05) is 17.5 Å². The Kier molecular flexibility index (Phi) is 5.36. The molecule has 0 saturated heterocycles. The normalized spacial score (nSPS) is 13.7. The van der Waals surface area contributed by atoms with Crippen LogP contribution in [0.2, 0.25) is 0 Å². The predicted octanol–water partition coefficient (Wildman–Crippen LogP) is 3.11. The molecule has 1 aromatic rings. The van der Waals surface area contributed by atoms with E-state index >= 15 is 0 Å². The molecule has 1 N–H and O–H groups in total. The summed E-state index contributed by atoms with van der Waals surface area (Å²) in [6.45, 7) is 3.91. The fourth-order valence-corrected chi connectivity index (χ4v) is 2.82. The second-order valence-electron chi connectivity index (χ2n) is 5.56. The van der Waals surface area contributed by atoms with Gasteiger partial charge >= 0.3 is 5.97 Å². The number of aromatic hydroxyl groups is 1. The van der Waals surface area contributed by atoms with E-state index in [1.54, 1.807) is 0 Å². The summed E-state index contributed by atoms with van der Waals surface area (Å²) in [7, 11) is 1.53. The summed E-state index contributed by atoms with van der Waals surface area (Å²) in [4.78, 5) is 22.7. The van der Waals surface area contributed by atoms with Gasteiger partial charge < -0.3 is 14.6 Å². The number of esters is 1. The van der Waals surface area contributed by atoms with Crippen molar-refractivity contribution in [3.63, 3.8) is 0 Å². The van der Waals surface area contributed by atoms with Crippen molar-refractivity contribution in [3.05, 3.63) is 33.9 Å². The Bertz CT molecular complexity index is 691.